The van der Waals surface area contributed by atoms with Gasteiger partial charge in [0.25, 0.3) is 0 Å². The first-order valence-electron chi connectivity index (χ1n) is 6.60. The third kappa shape index (κ3) is 2.21. The van der Waals surface area contributed by atoms with Crippen molar-refractivity contribution < 1.29 is 17.6 Å². The third-order valence-corrected chi connectivity index (χ3v) is 3.30. The summed E-state index contributed by atoms with van der Waals surface area (Å²) in [5, 5.41) is 5.42. The number of pyridine rings is 1. The Labute approximate surface area is 130 Å². The molecule has 7 nitrogen and oxygen atoms in total. The van der Waals surface area contributed by atoms with Crippen LogP contribution in [0.5, 0.6) is 0 Å². The molecule has 0 atom stereocenters. The molecule has 122 valence electrons. The van der Waals surface area contributed by atoms with Gasteiger partial charge in [-0.2, -0.15) is 18.3 Å². The highest BCUT2D eigenvalue weighted by molar-refractivity contribution is 5.77. The van der Waals surface area contributed by atoms with Crippen molar-refractivity contribution in [1.82, 2.24) is 34.5 Å². The summed E-state index contributed by atoms with van der Waals surface area (Å²) in [5.41, 5.74) is 1.13. The molecule has 2 N–H and O–H groups in total. The Kier molecular flexibility index (Phi) is 2.92. The minimum atomic E-state index is -4.66. The fourth-order valence-corrected chi connectivity index (χ4v) is 2.31. The van der Waals surface area contributed by atoms with Crippen molar-refractivity contribution in [1.29, 1.82) is 0 Å². The lowest BCUT2D eigenvalue weighted by atomic mass is 10.2. The molecule has 4 heterocycles. The number of aromatic nitrogens is 7. The van der Waals surface area contributed by atoms with Crippen molar-refractivity contribution in [2.75, 3.05) is 0 Å². The molecule has 0 saturated carbocycles. The van der Waals surface area contributed by atoms with Gasteiger partial charge < -0.3 is 4.98 Å². The van der Waals surface area contributed by atoms with E-state index in [9.17, 15) is 17.6 Å². The van der Waals surface area contributed by atoms with E-state index < -0.39 is 17.8 Å². The van der Waals surface area contributed by atoms with Gasteiger partial charge in [0.1, 0.15) is 22.9 Å². The van der Waals surface area contributed by atoms with Crippen LogP contribution in [-0.2, 0) is 6.18 Å². The molecule has 0 aromatic carbocycles. The summed E-state index contributed by atoms with van der Waals surface area (Å²) < 4.78 is 53.1. The van der Waals surface area contributed by atoms with Gasteiger partial charge in [-0.3, -0.25) is 9.50 Å². The number of hydrogen-bond donors (Lipinski definition) is 2. The van der Waals surface area contributed by atoms with E-state index in [-0.39, 0.29) is 11.5 Å². The first-order chi connectivity index (χ1) is 11.4. The highest BCUT2D eigenvalue weighted by Crippen LogP contribution is 2.32. The predicted octanol–water partition coefficient (Wildman–Crippen LogP) is 2.67. The molecule has 0 aliphatic rings. The molecule has 0 saturated heterocycles. The fourth-order valence-electron chi connectivity index (χ4n) is 2.31. The van der Waals surface area contributed by atoms with E-state index in [1.165, 1.54) is 35.3 Å². The zero-order chi connectivity index (χ0) is 16.9. The monoisotopic (exact) mass is 337 g/mol. The van der Waals surface area contributed by atoms with Crippen molar-refractivity contribution in [2.45, 2.75) is 6.18 Å². The highest BCUT2D eigenvalue weighted by atomic mass is 19.4. The quantitative estimate of drug-likeness (QED) is 0.551. The second kappa shape index (κ2) is 4.88. The lowest BCUT2D eigenvalue weighted by Gasteiger charge is -2.01. The second-order valence-electron chi connectivity index (χ2n) is 4.86. The number of alkyl halides is 3. The summed E-state index contributed by atoms with van der Waals surface area (Å²) >= 11 is 0. The normalized spacial score (nSPS) is 12.2. The number of fused-ring (bicyclic) bond motifs is 1. The third-order valence-electron chi connectivity index (χ3n) is 3.30. The van der Waals surface area contributed by atoms with Crippen LogP contribution in [0.4, 0.5) is 17.6 Å². The zero-order valence-electron chi connectivity index (χ0n) is 11.6. The summed E-state index contributed by atoms with van der Waals surface area (Å²) in [6.07, 6.45) is -0.671. The van der Waals surface area contributed by atoms with E-state index in [1.807, 2.05) is 5.10 Å². The highest BCUT2D eigenvalue weighted by Gasteiger charge is 2.36. The Balaban J connectivity index is 1.98. The largest absolute Gasteiger partial charge is 0.451 e. The SMILES string of the molecule is Fc1ccc2nc(-c3n[nH]c(C(F)(F)F)n3)c(-c3cnc[nH]3)n2c1. The summed E-state index contributed by atoms with van der Waals surface area (Å²) in [7, 11) is 0. The molecule has 4 aromatic rings. The van der Waals surface area contributed by atoms with E-state index >= 15 is 0 Å². The Hall–Kier alpha value is -3.24. The molecular formula is C13H7F4N7. The van der Waals surface area contributed by atoms with Crippen LogP contribution in [0.15, 0.2) is 30.9 Å². The van der Waals surface area contributed by atoms with Gasteiger partial charge in [-0.1, -0.05) is 0 Å². The Bertz CT molecular complexity index is 1010. The van der Waals surface area contributed by atoms with Crippen molar-refractivity contribution in [2.24, 2.45) is 0 Å². The number of nitrogens with one attached hydrogen (secondary N) is 2. The molecule has 24 heavy (non-hydrogen) atoms. The summed E-state index contributed by atoms with van der Waals surface area (Å²) in [6, 6.07) is 2.60. The van der Waals surface area contributed by atoms with Crippen molar-refractivity contribution in [3.63, 3.8) is 0 Å². The molecule has 0 radical (unpaired) electrons. The van der Waals surface area contributed by atoms with Gasteiger partial charge in [-0.15, -0.1) is 0 Å². The van der Waals surface area contributed by atoms with Crippen LogP contribution >= 0.6 is 0 Å². The molecule has 0 aliphatic heterocycles. The van der Waals surface area contributed by atoms with Gasteiger partial charge in [-0.05, 0) is 12.1 Å². The van der Waals surface area contributed by atoms with Crippen LogP contribution in [0.2, 0.25) is 0 Å². The molecule has 11 heteroatoms. The molecule has 0 fully saturated rings. The average Bonchev–Trinajstić information content (AvgIpc) is 3.24. The van der Waals surface area contributed by atoms with E-state index in [2.05, 4.69) is 25.0 Å². The number of aromatic amines is 2. The van der Waals surface area contributed by atoms with E-state index in [0.29, 0.717) is 17.0 Å². The van der Waals surface area contributed by atoms with Crippen LogP contribution < -0.4 is 0 Å². The molecular weight excluding hydrogens is 330 g/mol. The maximum absolute atomic E-state index is 13.6. The smallest absolute Gasteiger partial charge is 0.343 e. The standard InChI is InChI=1S/C13H7F4N7/c14-6-1-2-8-20-9(11-21-12(23-22-11)13(15,16)17)10(24(8)4-6)7-3-18-5-19-7/h1-5H,(H,18,19)(H,21,22,23). The Morgan fingerprint density at radius 2 is 1.96 bits per heavy atom. The Morgan fingerprint density at radius 1 is 1.12 bits per heavy atom. The molecule has 4 aromatic heterocycles. The molecule has 0 spiro atoms. The fraction of sp³-hybridized carbons (Fsp3) is 0.0769. The number of hydrogen-bond acceptors (Lipinski definition) is 4. The van der Waals surface area contributed by atoms with Crippen molar-refractivity contribution >= 4 is 5.65 Å². The van der Waals surface area contributed by atoms with Gasteiger partial charge >= 0.3 is 6.18 Å². The van der Waals surface area contributed by atoms with Gasteiger partial charge in [0, 0.05) is 6.20 Å². The van der Waals surface area contributed by atoms with E-state index in [0.717, 1.165) is 0 Å². The molecule has 0 bridgehead atoms. The maximum atomic E-state index is 13.6. The minimum absolute atomic E-state index is 0.0663. The van der Waals surface area contributed by atoms with Crippen LogP contribution in [0.3, 0.4) is 0 Å². The van der Waals surface area contributed by atoms with E-state index in [1.54, 1.807) is 0 Å². The number of H-pyrrole nitrogens is 2. The average molecular weight is 337 g/mol. The number of imidazole rings is 2. The van der Waals surface area contributed by atoms with Crippen LogP contribution in [0.25, 0.3) is 28.6 Å². The molecule has 0 amide bonds. The van der Waals surface area contributed by atoms with Gasteiger partial charge in [-0.25, -0.2) is 19.3 Å². The van der Waals surface area contributed by atoms with Gasteiger partial charge in [0.05, 0.1) is 18.2 Å². The van der Waals surface area contributed by atoms with Gasteiger partial charge in [0.2, 0.25) is 11.6 Å². The van der Waals surface area contributed by atoms with Crippen molar-refractivity contribution in [3.8, 4) is 22.9 Å². The number of halogens is 4. The minimum Gasteiger partial charge on any atom is -0.343 e. The maximum Gasteiger partial charge on any atom is 0.451 e. The number of nitrogens with zero attached hydrogens (tertiary/aromatic N) is 5. The summed E-state index contributed by atoms with van der Waals surface area (Å²) in [4.78, 5) is 14.3. The molecule has 0 unspecified atom stereocenters. The van der Waals surface area contributed by atoms with E-state index in [4.69, 9.17) is 0 Å². The summed E-state index contributed by atoms with van der Waals surface area (Å²) in [5.74, 6) is -2.02. The first-order valence-corrected chi connectivity index (χ1v) is 6.60. The van der Waals surface area contributed by atoms with Gasteiger partial charge in [0.15, 0.2) is 0 Å². The lowest BCUT2D eigenvalue weighted by Crippen LogP contribution is -2.07. The zero-order valence-corrected chi connectivity index (χ0v) is 11.6. The number of rotatable bonds is 2. The Morgan fingerprint density at radius 3 is 2.62 bits per heavy atom. The summed E-state index contributed by atoms with van der Waals surface area (Å²) in [6.45, 7) is 0. The van der Waals surface area contributed by atoms with Crippen LogP contribution in [0.1, 0.15) is 5.82 Å². The first kappa shape index (κ1) is 14.4. The molecule has 4 rings (SSSR count). The predicted molar refractivity (Wildman–Crippen MR) is 73.1 cm³/mol. The van der Waals surface area contributed by atoms with Crippen LogP contribution in [0, 0.1) is 5.82 Å². The topological polar surface area (TPSA) is 87.5 Å². The van der Waals surface area contributed by atoms with Crippen LogP contribution in [-0.4, -0.2) is 34.5 Å². The molecule has 0 aliphatic carbocycles. The lowest BCUT2D eigenvalue weighted by molar-refractivity contribution is -0.144. The second-order valence-corrected chi connectivity index (χ2v) is 4.86. The van der Waals surface area contributed by atoms with Crippen molar-refractivity contribution in [3.05, 3.63) is 42.5 Å².